The monoisotopic (exact) mass is 558 g/mol. The second-order valence-electron chi connectivity index (χ2n) is 7.81. The summed E-state index contributed by atoms with van der Waals surface area (Å²) in [5.74, 6) is -5.23. The van der Waals surface area contributed by atoms with Gasteiger partial charge in [-0.15, -0.1) is 0 Å². The lowest BCUT2D eigenvalue weighted by molar-refractivity contribution is -0.154. The van der Waals surface area contributed by atoms with Crippen molar-refractivity contribution in [1.82, 2.24) is 10.6 Å². The summed E-state index contributed by atoms with van der Waals surface area (Å²) < 4.78 is 91.3. The van der Waals surface area contributed by atoms with E-state index in [1.165, 1.54) is 32.0 Å². The molecule has 0 heterocycles. The molecule has 0 bridgehead atoms. The van der Waals surface area contributed by atoms with Gasteiger partial charge < -0.3 is 10.6 Å². The lowest BCUT2D eigenvalue weighted by Crippen LogP contribution is -2.46. The van der Waals surface area contributed by atoms with E-state index in [0.29, 0.717) is 11.1 Å². The van der Waals surface area contributed by atoms with E-state index in [0.717, 1.165) is 24.3 Å². The van der Waals surface area contributed by atoms with Crippen molar-refractivity contribution in [1.29, 1.82) is 0 Å². The zero-order valence-corrected chi connectivity index (χ0v) is 20.1. The Morgan fingerprint density at radius 3 is 2.08 bits per heavy atom. The summed E-state index contributed by atoms with van der Waals surface area (Å²) >= 11 is 11.3. The van der Waals surface area contributed by atoms with Crippen LogP contribution in [0.1, 0.15) is 46.3 Å². The fourth-order valence-corrected chi connectivity index (χ4v) is 3.71. The van der Waals surface area contributed by atoms with Crippen molar-refractivity contribution in [2.75, 3.05) is 0 Å². The second kappa shape index (κ2) is 11.5. The minimum absolute atomic E-state index is 0.0912. The van der Waals surface area contributed by atoms with E-state index in [2.05, 4.69) is 5.32 Å². The second-order valence-corrected chi connectivity index (χ2v) is 8.62. The minimum atomic E-state index is -4.75. The SMILES string of the molecule is Cc1cc(/C=C/C(c2cc(Cl)c(F)c(Cl)c2)C(F)(F)F)ccc1C(=O)N[C@H](C)NC(=O)CC(F)(F)F. The highest BCUT2D eigenvalue weighted by Gasteiger charge is 2.39. The highest BCUT2D eigenvalue weighted by molar-refractivity contribution is 6.35. The van der Waals surface area contributed by atoms with Gasteiger partial charge in [0.2, 0.25) is 5.91 Å². The Bertz CT molecular complexity index is 1140. The van der Waals surface area contributed by atoms with Gasteiger partial charge in [-0.1, -0.05) is 47.5 Å². The molecule has 2 aromatic rings. The zero-order valence-electron chi connectivity index (χ0n) is 18.6. The molecule has 2 atom stereocenters. The molecule has 2 aromatic carbocycles. The zero-order chi connectivity index (χ0) is 27.4. The van der Waals surface area contributed by atoms with Crippen LogP contribution < -0.4 is 10.6 Å². The number of benzene rings is 2. The molecule has 0 aliphatic heterocycles. The molecule has 36 heavy (non-hydrogen) atoms. The minimum Gasteiger partial charge on any atom is -0.336 e. The quantitative estimate of drug-likeness (QED) is 0.219. The molecule has 0 saturated carbocycles. The van der Waals surface area contributed by atoms with E-state index in [1.807, 2.05) is 5.32 Å². The van der Waals surface area contributed by atoms with Crippen LogP contribution in [0.25, 0.3) is 6.08 Å². The average molecular weight is 559 g/mol. The first kappa shape index (κ1) is 29.4. The highest BCUT2D eigenvalue weighted by atomic mass is 35.5. The normalized spacial score (nSPS) is 14.0. The summed E-state index contributed by atoms with van der Waals surface area (Å²) in [7, 11) is 0. The molecule has 0 radical (unpaired) electrons. The third kappa shape index (κ3) is 8.41. The van der Waals surface area contributed by atoms with Gasteiger partial charge in [0.25, 0.3) is 5.91 Å². The van der Waals surface area contributed by atoms with Gasteiger partial charge in [0, 0.05) is 5.56 Å². The fraction of sp³-hybridized carbons (Fsp3) is 0.304. The van der Waals surface area contributed by atoms with Crippen LogP contribution in [0.15, 0.2) is 36.4 Å². The Morgan fingerprint density at radius 2 is 1.58 bits per heavy atom. The van der Waals surface area contributed by atoms with E-state index in [4.69, 9.17) is 23.2 Å². The van der Waals surface area contributed by atoms with Crippen molar-refractivity contribution in [2.24, 2.45) is 0 Å². The molecule has 196 valence electrons. The molecule has 2 N–H and O–H groups in total. The Kier molecular flexibility index (Phi) is 9.41. The number of allylic oxidation sites excluding steroid dienone is 1. The molecular weight excluding hydrogens is 540 g/mol. The largest absolute Gasteiger partial charge is 0.399 e. The first-order valence-electron chi connectivity index (χ1n) is 10.1. The number of rotatable bonds is 7. The summed E-state index contributed by atoms with van der Waals surface area (Å²) in [5, 5.41) is 3.19. The molecule has 1 unspecified atom stereocenters. The Hall–Kier alpha value is -2.79. The van der Waals surface area contributed by atoms with E-state index in [9.17, 15) is 40.3 Å². The molecular formula is C23H19Cl2F7N2O2. The number of carbonyl (C=O) groups excluding carboxylic acids is 2. The maximum atomic E-state index is 13.6. The van der Waals surface area contributed by atoms with Gasteiger partial charge in [-0.3, -0.25) is 9.59 Å². The maximum absolute atomic E-state index is 13.6. The van der Waals surface area contributed by atoms with Crippen LogP contribution in [0.5, 0.6) is 0 Å². The summed E-state index contributed by atoms with van der Waals surface area (Å²) in [5.41, 5.74) is 0.363. The van der Waals surface area contributed by atoms with Crippen LogP contribution >= 0.6 is 23.2 Å². The van der Waals surface area contributed by atoms with Crippen molar-refractivity contribution < 1.29 is 40.3 Å². The van der Waals surface area contributed by atoms with Crippen LogP contribution in [-0.4, -0.2) is 30.3 Å². The third-order valence-electron chi connectivity index (χ3n) is 4.78. The van der Waals surface area contributed by atoms with E-state index < -0.39 is 58.5 Å². The van der Waals surface area contributed by atoms with Crippen LogP contribution in [0.3, 0.4) is 0 Å². The summed E-state index contributed by atoms with van der Waals surface area (Å²) in [6.45, 7) is 2.77. The molecule has 2 rings (SSSR count). The van der Waals surface area contributed by atoms with Crippen molar-refractivity contribution >= 4 is 41.1 Å². The Labute approximate surface area is 211 Å². The van der Waals surface area contributed by atoms with Gasteiger partial charge in [-0.25, -0.2) is 4.39 Å². The summed E-state index contributed by atoms with van der Waals surface area (Å²) in [6.07, 6.45) is -10.3. The standard InChI is InChI=1S/C23H19Cl2F7N2O2/c1-11-7-13(3-5-15(11)21(36)34-12(2)33-19(35)10-22(27,28)29)4-6-16(23(30,31)32)14-8-17(24)20(26)18(25)9-14/h3-9,12,16H,10H2,1-2H3,(H,33,35)(H,34,36)/b6-4+/t12-,16?/m1/s1. The molecule has 2 amide bonds. The smallest absolute Gasteiger partial charge is 0.336 e. The fourth-order valence-electron chi connectivity index (χ4n) is 3.20. The number of carbonyl (C=O) groups is 2. The first-order chi connectivity index (χ1) is 16.5. The number of hydrogen-bond donors (Lipinski definition) is 2. The van der Waals surface area contributed by atoms with Crippen molar-refractivity contribution in [2.45, 2.75) is 44.7 Å². The first-order valence-corrected chi connectivity index (χ1v) is 10.9. The topological polar surface area (TPSA) is 58.2 Å². The number of amides is 2. The van der Waals surface area contributed by atoms with Gasteiger partial charge >= 0.3 is 12.4 Å². The molecule has 0 saturated heterocycles. The molecule has 0 aliphatic rings. The Morgan fingerprint density at radius 1 is 1.00 bits per heavy atom. The predicted octanol–water partition coefficient (Wildman–Crippen LogP) is 6.94. The van der Waals surface area contributed by atoms with Crippen LogP contribution in [0.4, 0.5) is 30.7 Å². The summed E-state index contributed by atoms with van der Waals surface area (Å²) in [6, 6.07) is 5.74. The van der Waals surface area contributed by atoms with Crippen molar-refractivity contribution in [3.05, 3.63) is 74.5 Å². The lowest BCUT2D eigenvalue weighted by atomic mass is 9.96. The predicted molar refractivity (Wildman–Crippen MR) is 121 cm³/mol. The molecule has 0 aliphatic carbocycles. The van der Waals surface area contributed by atoms with E-state index in [-0.39, 0.29) is 11.1 Å². The maximum Gasteiger partial charge on any atom is 0.399 e. The van der Waals surface area contributed by atoms with Crippen LogP contribution in [-0.2, 0) is 4.79 Å². The van der Waals surface area contributed by atoms with E-state index in [1.54, 1.807) is 0 Å². The van der Waals surface area contributed by atoms with Gasteiger partial charge in [-0.2, -0.15) is 26.3 Å². The number of halogens is 9. The van der Waals surface area contributed by atoms with Gasteiger partial charge in [0.1, 0.15) is 6.42 Å². The van der Waals surface area contributed by atoms with E-state index >= 15 is 0 Å². The van der Waals surface area contributed by atoms with Gasteiger partial charge in [0.15, 0.2) is 5.82 Å². The Balaban J connectivity index is 2.18. The third-order valence-corrected chi connectivity index (χ3v) is 5.33. The average Bonchev–Trinajstić information content (AvgIpc) is 2.69. The van der Waals surface area contributed by atoms with Gasteiger partial charge in [-0.05, 0) is 48.7 Å². The number of hydrogen-bond acceptors (Lipinski definition) is 2. The number of aryl methyl sites for hydroxylation is 1. The highest BCUT2D eigenvalue weighted by Crippen LogP contribution is 2.39. The van der Waals surface area contributed by atoms with Gasteiger partial charge in [0.05, 0.1) is 22.1 Å². The number of alkyl halides is 6. The van der Waals surface area contributed by atoms with Crippen LogP contribution in [0.2, 0.25) is 10.0 Å². The molecule has 4 nitrogen and oxygen atoms in total. The van der Waals surface area contributed by atoms with Crippen molar-refractivity contribution in [3.8, 4) is 0 Å². The molecule has 0 spiro atoms. The van der Waals surface area contributed by atoms with Crippen molar-refractivity contribution in [3.63, 3.8) is 0 Å². The van der Waals surface area contributed by atoms with Crippen LogP contribution in [0, 0.1) is 12.7 Å². The lowest BCUT2D eigenvalue weighted by Gasteiger charge is -2.18. The number of nitrogens with one attached hydrogen (secondary N) is 2. The molecule has 13 heteroatoms. The molecule has 0 fully saturated rings. The molecule has 0 aromatic heterocycles. The summed E-state index contributed by atoms with van der Waals surface area (Å²) in [4.78, 5) is 23.8.